The summed E-state index contributed by atoms with van der Waals surface area (Å²) in [6.45, 7) is 6.83. The smallest absolute Gasteiger partial charge is 0.241 e. The van der Waals surface area contributed by atoms with Crippen molar-refractivity contribution in [2.75, 3.05) is 0 Å². The zero-order chi connectivity index (χ0) is 12.3. The summed E-state index contributed by atoms with van der Waals surface area (Å²) in [5.41, 5.74) is 1.68. The van der Waals surface area contributed by atoms with E-state index in [0.717, 1.165) is 18.3 Å². The fourth-order valence-electron chi connectivity index (χ4n) is 3.56. The van der Waals surface area contributed by atoms with Gasteiger partial charge in [-0.2, -0.15) is 0 Å². The minimum Gasteiger partial charge on any atom is -0.546 e. The van der Waals surface area contributed by atoms with Crippen LogP contribution in [-0.2, 0) is 4.43 Å². The van der Waals surface area contributed by atoms with Gasteiger partial charge in [0.05, 0.1) is 10.1 Å². The lowest BCUT2D eigenvalue weighted by atomic mass is 9.72. The van der Waals surface area contributed by atoms with Crippen molar-refractivity contribution in [1.29, 1.82) is 0 Å². The van der Waals surface area contributed by atoms with E-state index in [0.29, 0.717) is 0 Å². The fraction of sp³-hybridized carbons (Fsp3) is 0.714. The van der Waals surface area contributed by atoms with Crippen molar-refractivity contribution in [3.63, 3.8) is 0 Å². The highest BCUT2D eigenvalue weighted by Gasteiger charge is 2.55. The van der Waals surface area contributed by atoms with Crippen molar-refractivity contribution in [3.8, 4) is 0 Å². The average Bonchev–Trinajstić information content (AvgIpc) is 2.37. The van der Waals surface area contributed by atoms with E-state index >= 15 is 0 Å². The van der Waals surface area contributed by atoms with Crippen molar-refractivity contribution < 1.29 is 4.43 Å². The normalized spacial score (nSPS) is 39.8. The lowest BCUT2D eigenvalue weighted by Crippen LogP contribution is -2.39. The average molecular weight is 313 g/mol. The molecule has 94 valence electrons. The first-order valence-electron chi connectivity index (χ1n) is 6.69. The Labute approximate surface area is 114 Å². The Hall–Kier alpha value is -0.0231. The zero-order valence-corrected chi connectivity index (χ0v) is 13.5. The van der Waals surface area contributed by atoms with Crippen molar-refractivity contribution in [2.24, 2.45) is 11.8 Å². The molecule has 3 rings (SSSR count). The second kappa shape index (κ2) is 3.73. The van der Waals surface area contributed by atoms with Crippen LogP contribution < -0.4 is 0 Å². The maximum atomic E-state index is 6.37. The number of hydrogen-bond donors (Lipinski definition) is 0. The van der Waals surface area contributed by atoms with Gasteiger partial charge in [-0.1, -0.05) is 27.6 Å². The molecule has 0 aliphatic heterocycles. The first-order chi connectivity index (χ1) is 7.90. The quantitative estimate of drug-likeness (QED) is 0.411. The third-order valence-electron chi connectivity index (χ3n) is 4.18. The van der Waals surface area contributed by atoms with Gasteiger partial charge in [-0.05, 0) is 57.3 Å². The fourth-order valence-corrected chi connectivity index (χ4v) is 5.74. The van der Waals surface area contributed by atoms with Gasteiger partial charge >= 0.3 is 0 Å². The Morgan fingerprint density at radius 3 is 2.88 bits per heavy atom. The van der Waals surface area contributed by atoms with Crippen LogP contribution in [0.1, 0.15) is 25.7 Å². The first-order valence-corrected chi connectivity index (χ1v) is 10.9. The summed E-state index contributed by atoms with van der Waals surface area (Å²) in [6.07, 6.45) is 9.83. The Balaban J connectivity index is 1.93. The van der Waals surface area contributed by atoms with Crippen LogP contribution in [0.25, 0.3) is 0 Å². The van der Waals surface area contributed by atoms with Gasteiger partial charge in [0.25, 0.3) is 0 Å². The molecule has 0 aromatic rings. The van der Waals surface area contributed by atoms with E-state index in [1.807, 2.05) is 0 Å². The first kappa shape index (κ1) is 12.0. The molecule has 17 heavy (non-hydrogen) atoms. The van der Waals surface area contributed by atoms with Gasteiger partial charge < -0.3 is 4.43 Å². The van der Waals surface area contributed by atoms with Gasteiger partial charge in [-0.3, -0.25) is 0 Å². The molecule has 0 spiro atoms. The number of rotatable bonds is 2. The molecule has 1 fully saturated rings. The number of halogens is 1. The Morgan fingerprint density at radius 2 is 2.18 bits per heavy atom. The molecular formula is C14H21BrOSi. The highest BCUT2D eigenvalue weighted by molar-refractivity contribution is 9.10. The molecule has 3 atom stereocenters. The summed E-state index contributed by atoms with van der Waals surface area (Å²) in [6, 6.07) is 0. The molecule has 3 aliphatic rings. The Bertz CT molecular complexity index is 407. The standard InChI is InChI=1S/C14H21BrOSi/c1-17(2,3)16-12-6-4-5-10-9-11-7-8-14(12,15)13(10)11/h6,9,11,13H,4-5,7-8H2,1-3H3/t11-,13+,14-/m1/s1. The van der Waals surface area contributed by atoms with Gasteiger partial charge in [0.1, 0.15) is 0 Å². The van der Waals surface area contributed by atoms with Crippen LogP contribution >= 0.6 is 15.9 Å². The zero-order valence-electron chi connectivity index (χ0n) is 10.9. The molecule has 0 bridgehead atoms. The molecule has 0 aromatic carbocycles. The molecule has 0 heterocycles. The van der Waals surface area contributed by atoms with Crippen molar-refractivity contribution in [1.82, 2.24) is 0 Å². The van der Waals surface area contributed by atoms with Crippen LogP contribution in [-0.4, -0.2) is 12.6 Å². The van der Waals surface area contributed by atoms with E-state index in [2.05, 4.69) is 47.7 Å². The molecule has 0 saturated heterocycles. The van der Waals surface area contributed by atoms with E-state index in [1.165, 1.54) is 25.0 Å². The van der Waals surface area contributed by atoms with Crippen LogP contribution in [0.4, 0.5) is 0 Å². The summed E-state index contributed by atoms with van der Waals surface area (Å²) < 4.78 is 6.51. The number of allylic oxidation sites excluding steroid dienone is 4. The van der Waals surface area contributed by atoms with Crippen molar-refractivity contribution in [3.05, 3.63) is 23.5 Å². The lowest BCUT2D eigenvalue weighted by Gasteiger charge is -2.40. The van der Waals surface area contributed by atoms with Gasteiger partial charge in [0.2, 0.25) is 8.32 Å². The lowest BCUT2D eigenvalue weighted by molar-refractivity contribution is 0.321. The predicted octanol–water partition coefficient (Wildman–Crippen LogP) is 4.62. The molecule has 0 N–H and O–H groups in total. The molecule has 1 saturated carbocycles. The van der Waals surface area contributed by atoms with Crippen molar-refractivity contribution >= 4 is 24.2 Å². The maximum Gasteiger partial charge on any atom is 0.241 e. The third-order valence-corrected chi connectivity index (χ3v) is 6.29. The molecule has 3 aliphatic carbocycles. The van der Waals surface area contributed by atoms with Crippen LogP contribution in [0.15, 0.2) is 23.5 Å². The summed E-state index contributed by atoms with van der Waals surface area (Å²) in [4.78, 5) is 0. The summed E-state index contributed by atoms with van der Waals surface area (Å²) >= 11 is 4.05. The van der Waals surface area contributed by atoms with Crippen molar-refractivity contribution in [2.45, 2.75) is 49.6 Å². The second-order valence-electron chi connectivity index (χ2n) is 6.61. The summed E-state index contributed by atoms with van der Waals surface area (Å²) in [5.74, 6) is 2.80. The molecule has 3 heteroatoms. The van der Waals surface area contributed by atoms with Crippen LogP contribution in [0.3, 0.4) is 0 Å². The summed E-state index contributed by atoms with van der Waals surface area (Å²) in [5, 5.41) is 0. The molecule has 1 nitrogen and oxygen atoms in total. The van der Waals surface area contributed by atoms with E-state index in [9.17, 15) is 0 Å². The van der Waals surface area contributed by atoms with E-state index < -0.39 is 8.32 Å². The topological polar surface area (TPSA) is 9.23 Å². The molecule has 0 amide bonds. The largest absolute Gasteiger partial charge is 0.546 e. The highest BCUT2D eigenvalue weighted by atomic mass is 79.9. The van der Waals surface area contributed by atoms with Gasteiger partial charge in [-0.15, -0.1) is 0 Å². The molecule has 0 aromatic heterocycles. The van der Waals surface area contributed by atoms with E-state index in [4.69, 9.17) is 4.43 Å². The third kappa shape index (κ3) is 1.86. The minimum absolute atomic E-state index is 0.137. The Morgan fingerprint density at radius 1 is 1.41 bits per heavy atom. The second-order valence-corrected chi connectivity index (χ2v) is 12.4. The molecule has 0 radical (unpaired) electrons. The van der Waals surface area contributed by atoms with E-state index in [1.54, 1.807) is 5.57 Å². The van der Waals surface area contributed by atoms with Crippen LogP contribution in [0.5, 0.6) is 0 Å². The SMILES string of the molecule is C[Si](C)(C)OC1=CCCC2=C[C@H]3CC[C@]1(Br)[C@@H]23. The predicted molar refractivity (Wildman–Crippen MR) is 77.7 cm³/mol. The van der Waals surface area contributed by atoms with Gasteiger partial charge in [0, 0.05) is 5.92 Å². The molecular weight excluding hydrogens is 292 g/mol. The highest BCUT2D eigenvalue weighted by Crippen LogP contribution is 2.61. The van der Waals surface area contributed by atoms with Crippen LogP contribution in [0.2, 0.25) is 19.6 Å². The van der Waals surface area contributed by atoms with E-state index in [-0.39, 0.29) is 4.32 Å². The number of hydrogen-bond acceptors (Lipinski definition) is 1. The van der Waals surface area contributed by atoms with Gasteiger partial charge in [0.15, 0.2) is 0 Å². The monoisotopic (exact) mass is 312 g/mol. The Kier molecular flexibility index (Phi) is 2.64. The molecule has 0 unspecified atom stereocenters. The van der Waals surface area contributed by atoms with Crippen LogP contribution in [0, 0.1) is 11.8 Å². The number of alkyl halides is 1. The maximum absolute atomic E-state index is 6.37. The summed E-state index contributed by atoms with van der Waals surface area (Å²) in [7, 11) is -1.50. The minimum atomic E-state index is -1.50. The van der Waals surface area contributed by atoms with Gasteiger partial charge in [-0.25, -0.2) is 0 Å².